The van der Waals surface area contributed by atoms with Crippen LogP contribution in [0.2, 0.25) is 5.02 Å². The van der Waals surface area contributed by atoms with Gasteiger partial charge in [-0.1, -0.05) is 38.4 Å². The van der Waals surface area contributed by atoms with Crippen molar-refractivity contribution in [3.05, 3.63) is 75.0 Å². The van der Waals surface area contributed by atoms with Crippen LogP contribution in [0.4, 0.5) is 5.69 Å². The van der Waals surface area contributed by atoms with Gasteiger partial charge in [-0.15, -0.1) is 0 Å². The first-order chi connectivity index (χ1) is 16.1. The summed E-state index contributed by atoms with van der Waals surface area (Å²) in [6, 6.07) is 13.0. The molecular weight excluding hydrogens is 462 g/mol. The molecule has 1 atom stereocenters. The summed E-state index contributed by atoms with van der Waals surface area (Å²) in [6.45, 7) is 6.32. The van der Waals surface area contributed by atoms with E-state index in [1.807, 2.05) is 18.2 Å². The number of nitro benzene ring substituents is 1. The predicted octanol–water partition coefficient (Wildman–Crippen LogP) is 5.10. The third kappa shape index (κ3) is 5.04. The number of amides is 1. The minimum atomic E-state index is -0.865. The summed E-state index contributed by atoms with van der Waals surface area (Å²) in [6.07, 6.45) is 0.442. The number of carbonyl (C=O) groups is 1. The average Bonchev–Trinajstić information content (AvgIpc) is 3.26. The Morgan fingerprint density at radius 1 is 1.18 bits per heavy atom. The van der Waals surface area contributed by atoms with Gasteiger partial charge in [-0.05, 0) is 41.3 Å². The van der Waals surface area contributed by atoms with Crippen LogP contribution in [0, 0.1) is 10.1 Å². The van der Waals surface area contributed by atoms with Crippen molar-refractivity contribution >= 4 is 29.4 Å². The van der Waals surface area contributed by atoms with Crippen LogP contribution in [-0.4, -0.2) is 29.8 Å². The molecule has 9 nitrogen and oxygen atoms in total. The highest BCUT2D eigenvalue weighted by Gasteiger charge is 2.28. The van der Waals surface area contributed by atoms with Crippen molar-refractivity contribution in [2.45, 2.75) is 32.3 Å². The van der Waals surface area contributed by atoms with E-state index in [2.05, 4.69) is 31.3 Å². The Hall–Kier alpha value is -3.85. The second kappa shape index (κ2) is 9.18. The summed E-state index contributed by atoms with van der Waals surface area (Å²) in [7, 11) is 0. The maximum atomic E-state index is 12.5. The normalized spacial score (nSPS) is 15.4. The fourth-order valence-corrected chi connectivity index (χ4v) is 3.49. The van der Waals surface area contributed by atoms with Gasteiger partial charge < -0.3 is 13.9 Å². The molecule has 0 aliphatic carbocycles. The molecule has 0 bridgehead atoms. The van der Waals surface area contributed by atoms with Gasteiger partial charge in [0.25, 0.3) is 11.6 Å². The van der Waals surface area contributed by atoms with Gasteiger partial charge in [0.05, 0.1) is 16.2 Å². The maximum absolute atomic E-state index is 12.5. The van der Waals surface area contributed by atoms with Crippen molar-refractivity contribution in [3.8, 4) is 22.8 Å². The van der Waals surface area contributed by atoms with E-state index in [0.29, 0.717) is 33.6 Å². The molecular formula is C24H22ClN3O6. The fraction of sp³-hybridized carbons (Fsp3) is 0.250. The Morgan fingerprint density at radius 2 is 1.97 bits per heavy atom. The number of nitrogens with one attached hydrogen (secondary N) is 1. The molecule has 1 amide bonds. The summed E-state index contributed by atoms with van der Waals surface area (Å²) in [5.74, 6) is 1.27. The standard InChI is InChI=1S/C24H22ClN3O6/c1-24(2,3)14-4-8-20-21(10-14)34-22(13-32-20)23(29)27-26-12-16-6-9-19(33-16)17-11-15(28(30)31)5-7-18(17)25/h4-12,22H,13H2,1-3H3,(H,27,29)/b26-12+/t22-/m0/s1. The molecule has 0 radical (unpaired) electrons. The third-order valence-electron chi connectivity index (χ3n) is 5.18. The first kappa shape index (κ1) is 23.3. The van der Waals surface area contributed by atoms with E-state index in [1.54, 1.807) is 12.1 Å². The zero-order chi connectivity index (χ0) is 24.5. The SMILES string of the molecule is CC(C)(C)c1ccc2c(c1)O[C@H](C(=O)N/N=C/c1ccc(-c3cc([N+](=O)[O-])ccc3Cl)o1)CO2. The van der Waals surface area contributed by atoms with E-state index >= 15 is 0 Å². The lowest BCUT2D eigenvalue weighted by molar-refractivity contribution is -0.384. The van der Waals surface area contributed by atoms with Gasteiger partial charge >= 0.3 is 0 Å². The van der Waals surface area contributed by atoms with E-state index in [4.69, 9.17) is 25.5 Å². The number of rotatable bonds is 5. The topological polar surface area (TPSA) is 116 Å². The Bertz CT molecular complexity index is 1280. The lowest BCUT2D eigenvalue weighted by atomic mass is 9.87. The number of hydrogen-bond acceptors (Lipinski definition) is 7. The van der Waals surface area contributed by atoms with Crippen LogP contribution in [-0.2, 0) is 10.2 Å². The quantitative estimate of drug-likeness (QED) is 0.306. The van der Waals surface area contributed by atoms with Crippen molar-refractivity contribution in [3.63, 3.8) is 0 Å². The highest BCUT2D eigenvalue weighted by atomic mass is 35.5. The molecule has 0 unspecified atom stereocenters. The van der Waals surface area contributed by atoms with Gasteiger partial charge in [-0.2, -0.15) is 5.10 Å². The number of nitro groups is 1. The van der Waals surface area contributed by atoms with Gasteiger partial charge in [-0.25, -0.2) is 5.43 Å². The number of nitrogens with zero attached hydrogens (tertiary/aromatic N) is 2. The highest BCUT2D eigenvalue weighted by molar-refractivity contribution is 6.33. The summed E-state index contributed by atoms with van der Waals surface area (Å²) in [5.41, 5.74) is 3.67. The third-order valence-corrected chi connectivity index (χ3v) is 5.51. The van der Waals surface area contributed by atoms with Gasteiger partial charge in [0.2, 0.25) is 6.10 Å². The molecule has 0 saturated carbocycles. The number of furan rings is 1. The molecule has 4 rings (SSSR count). The van der Waals surface area contributed by atoms with E-state index in [9.17, 15) is 14.9 Å². The van der Waals surface area contributed by atoms with Crippen LogP contribution in [0.25, 0.3) is 11.3 Å². The minimum absolute atomic E-state index is 0.0550. The molecule has 2 heterocycles. The minimum Gasteiger partial charge on any atom is -0.485 e. The van der Waals surface area contributed by atoms with Crippen molar-refractivity contribution in [2.75, 3.05) is 6.61 Å². The maximum Gasteiger partial charge on any atom is 0.284 e. The van der Waals surface area contributed by atoms with Crippen LogP contribution in [0.1, 0.15) is 32.1 Å². The highest BCUT2D eigenvalue weighted by Crippen LogP contribution is 2.36. The molecule has 1 N–H and O–H groups in total. The Kier molecular flexibility index (Phi) is 6.30. The van der Waals surface area contributed by atoms with Crippen molar-refractivity contribution in [1.82, 2.24) is 5.43 Å². The molecule has 2 aromatic carbocycles. The first-order valence-corrected chi connectivity index (χ1v) is 10.8. The Balaban J connectivity index is 1.41. The lowest BCUT2D eigenvalue weighted by Crippen LogP contribution is -2.42. The second-order valence-corrected chi connectivity index (χ2v) is 9.09. The van der Waals surface area contributed by atoms with E-state index in [1.165, 1.54) is 24.4 Å². The van der Waals surface area contributed by atoms with E-state index < -0.39 is 16.9 Å². The predicted molar refractivity (Wildman–Crippen MR) is 127 cm³/mol. The van der Waals surface area contributed by atoms with Crippen molar-refractivity contribution in [2.24, 2.45) is 5.10 Å². The number of carbonyl (C=O) groups excluding carboxylic acids is 1. The van der Waals surface area contributed by atoms with Crippen LogP contribution in [0.5, 0.6) is 11.5 Å². The lowest BCUT2D eigenvalue weighted by Gasteiger charge is -2.27. The van der Waals surface area contributed by atoms with Crippen LogP contribution >= 0.6 is 11.6 Å². The monoisotopic (exact) mass is 483 g/mol. The largest absolute Gasteiger partial charge is 0.485 e. The van der Waals surface area contributed by atoms with Gasteiger partial charge in [0.15, 0.2) is 11.5 Å². The molecule has 0 saturated heterocycles. The number of ether oxygens (including phenoxy) is 2. The van der Waals surface area contributed by atoms with Gasteiger partial charge in [0, 0.05) is 17.7 Å². The van der Waals surface area contributed by atoms with Crippen LogP contribution in [0.15, 0.2) is 58.0 Å². The number of halogens is 1. The summed E-state index contributed by atoms with van der Waals surface area (Å²) < 4.78 is 17.1. The first-order valence-electron chi connectivity index (χ1n) is 10.4. The molecule has 3 aromatic rings. The Labute approximate surface area is 200 Å². The molecule has 1 aliphatic rings. The summed E-state index contributed by atoms with van der Waals surface area (Å²) in [5, 5.41) is 15.2. The number of hydrazone groups is 1. The number of benzene rings is 2. The number of non-ortho nitro benzene ring substituents is 1. The molecule has 0 spiro atoms. The molecule has 176 valence electrons. The zero-order valence-electron chi connectivity index (χ0n) is 18.7. The fourth-order valence-electron chi connectivity index (χ4n) is 3.28. The van der Waals surface area contributed by atoms with E-state index in [-0.39, 0.29) is 17.7 Å². The summed E-state index contributed by atoms with van der Waals surface area (Å²) in [4.78, 5) is 23.0. The van der Waals surface area contributed by atoms with Crippen LogP contribution in [0.3, 0.4) is 0 Å². The molecule has 34 heavy (non-hydrogen) atoms. The van der Waals surface area contributed by atoms with E-state index in [0.717, 1.165) is 5.56 Å². The average molecular weight is 484 g/mol. The zero-order valence-corrected chi connectivity index (χ0v) is 19.5. The number of fused-ring (bicyclic) bond motifs is 1. The van der Waals surface area contributed by atoms with Crippen molar-refractivity contribution < 1.29 is 23.6 Å². The smallest absolute Gasteiger partial charge is 0.284 e. The molecule has 0 fully saturated rings. The van der Waals surface area contributed by atoms with Crippen LogP contribution < -0.4 is 14.9 Å². The Morgan fingerprint density at radius 3 is 2.71 bits per heavy atom. The number of hydrogen-bond donors (Lipinski definition) is 1. The van der Waals surface area contributed by atoms with Crippen molar-refractivity contribution in [1.29, 1.82) is 0 Å². The second-order valence-electron chi connectivity index (χ2n) is 8.69. The van der Waals surface area contributed by atoms with Gasteiger partial charge in [0.1, 0.15) is 18.1 Å². The van der Waals surface area contributed by atoms with Gasteiger partial charge in [-0.3, -0.25) is 14.9 Å². The molecule has 1 aliphatic heterocycles. The molecule has 1 aromatic heterocycles. The summed E-state index contributed by atoms with van der Waals surface area (Å²) >= 11 is 6.15. The molecule has 10 heteroatoms.